The molecule has 1 saturated carbocycles. The molecule has 1 atom stereocenters. The Morgan fingerprint density at radius 3 is 2.44 bits per heavy atom. The van der Waals surface area contributed by atoms with Crippen LogP contribution >= 0.6 is 0 Å². The molecule has 5 nitrogen and oxygen atoms in total. The highest BCUT2D eigenvalue weighted by Crippen LogP contribution is 2.28. The molecule has 0 bridgehead atoms. The van der Waals surface area contributed by atoms with E-state index in [9.17, 15) is 13.5 Å². The van der Waals surface area contributed by atoms with Crippen LogP contribution in [0, 0.1) is 11.8 Å². The van der Waals surface area contributed by atoms with Gasteiger partial charge in [-0.15, -0.1) is 0 Å². The minimum absolute atomic E-state index is 0.0817. The molecule has 1 heterocycles. The predicted octanol–water partition coefficient (Wildman–Crippen LogP) is 0.667. The van der Waals surface area contributed by atoms with E-state index in [0.717, 1.165) is 25.7 Å². The highest BCUT2D eigenvalue weighted by molar-refractivity contribution is 7.86. The van der Waals surface area contributed by atoms with Gasteiger partial charge in [-0.25, -0.2) is 0 Å². The summed E-state index contributed by atoms with van der Waals surface area (Å²) in [6.07, 6.45) is 5.31. The van der Waals surface area contributed by atoms with Crippen LogP contribution in [-0.2, 0) is 10.2 Å². The van der Waals surface area contributed by atoms with Gasteiger partial charge >= 0.3 is 0 Å². The van der Waals surface area contributed by atoms with Crippen molar-refractivity contribution in [1.29, 1.82) is 0 Å². The summed E-state index contributed by atoms with van der Waals surface area (Å²) in [6.45, 7) is 1.78. The average molecular weight is 276 g/mol. The molecule has 18 heavy (non-hydrogen) atoms. The number of aliphatic hydroxyl groups is 1. The molecule has 1 N–H and O–H groups in total. The summed E-state index contributed by atoms with van der Waals surface area (Å²) in [5.74, 6) is 0.647. The summed E-state index contributed by atoms with van der Waals surface area (Å²) in [5, 5.41) is 9.17. The van der Waals surface area contributed by atoms with Crippen molar-refractivity contribution < 1.29 is 13.5 Å². The lowest BCUT2D eigenvalue weighted by Crippen LogP contribution is -2.48. The van der Waals surface area contributed by atoms with Crippen LogP contribution in [0.15, 0.2) is 0 Å². The lowest BCUT2D eigenvalue weighted by atomic mass is 9.86. The average Bonchev–Trinajstić information content (AvgIpc) is 2.33. The van der Waals surface area contributed by atoms with Crippen molar-refractivity contribution in [3.8, 4) is 0 Å². The maximum atomic E-state index is 12.4. The van der Waals surface area contributed by atoms with E-state index < -0.39 is 10.2 Å². The van der Waals surface area contributed by atoms with Crippen molar-refractivity contribution in [2.45, 2.75) is 32.1 Å². The Hall–Kier alpha value is -0.170. The van der Waals surface area contributed by atoms with E-state index in [1.807, 2.05) is 0 Å². The van der Waals surface area contributed by atoms with Gasteiger partial charge in [0.25, 0.3) is 10.2 Å². The predicted molar refractivity (Wildman–Crippen MR) is 70.3 cm³/mol. The molecule has 1 unspecified atom stereocenters. The first-order valence-electron chi connectivity index (χ1n) is 6.86. The van der Waals surface area contributed by atoms with Crippen LogP contribution in [-0.4, -0.2) is 55.4 Å². The van der Waals surface area contributed by atoms with Gasteiger partial charge in [0, 0.05) is 33.3 Å². The fourth-order valence-electron chi connectivity index (χ4n) is 2.72. The fourth-order valence-corrected chi connectivity index (χ4v) is 4.27. The zero-order valence-electron chi connectivity index (χ0n) is 11.1. The van der Waals surface area contributed by atoms with Crippen molar-refractivity contribution in [2.24, 2.45) is 11.8 Å². The largest absolute Gasteiger partial charge is 0.396 e. The zero-order chi connectivity index (χ0) is 13.2. The topological polar surface area (TPSA) is 60.9 Å². The Kier molecular flexibility index (Phi) is 4.64. The first-order chi connectivity index (χ1) is 8.54. The molecule has 0 aromatic carbocycles. The molecule has 0 radical (unpaired) electrons. The van der Waals surface area contributed by atoms with Crippen LogP contribution in [0.25, 0.3) is 0 Å². The fraction of sp³-hybridized carbons (Fsp3) is 1.00. The third-order valence-electron chi connectivity index (χ3n) is 4.20. The van der Waals surface area contributed by atoms with Gasteiger partial charge in [0.15, 0.2) is 0 Å². The normalized spacial score (nSPS) is 27.4. The van der Waals surface area contributed by atoms with Gasteiger partial charge in [0.2, 0.25) is 0 Å². The van der Waals surface area contributed by atoms with Crippen LogP contribution in [0.1, 0.15) is 32.1 Å². The lowest BCUT2D eigenvalue weighted by molar-refractivity contribution is 0.159. The number of nitrogens with zero attached hydrogens (tertiary/aromatic N) is 2. The summed E-state index contributed by atoms with van der Waals surface area (Å²) >= 11 is 0. The maximum absolute atomic E-state index is 12.4. The smallest absolute Gasteiger partial charge is 0.281 e. The molecular formula is C12H24N2O3S. The Balaban J connectivity index is 1.95. The highest BCUT2D eigenvalue weighted by atomic mass is 32.2. The summed E-state index contributed by atoms with van der Waals surface area (Å²) in [7, 11) is -1.64. The summed E-state index contributed by atoms with van der Waals surface area (Å²) in [6, 6.07) is 0. The van der Waals surface area contributed by atoms with E-state index in [0.29, 0.717) is 25.6 Å². The lowest BCUT2D eigenvalue weighted by Gasteiger charge is -2.36. The molecule has 1 saturated heterocycles. The first kappa shape index (κ1) is 14.2. The van der Waals surface area contributed by atoms with E-state index in [1.165, 1.54) is 15.0 Å². The third-order valence-corrected chi connectivity index (χ3v) is 6.12. The van der Waals surface area contributed by atoms with Crippen molar-refractivity contribution in [3.63, 3.8) is 0 Å². The standard InChI is InChI=1S/C12H24N2O3S/c1-13(8-11-4-2-5-11)18(16,17)14-7-3-6-12(9-14)10-15/h11-12,15H,2-10H2,1H3. The van der Waals surface area contributed by atoms with Crippen LogP contribution in [0.2, 0.25) is 0 Å². The molecule has 2 rings (SSSR count). The molecule has 0 aromatic heterocycles. The van der Waals surface area contributed by atoms with E-state index in [-0.39, 0.29) is 12.5 Å². The molecular weight excluding hydrogens is 252 g/mol. The number of rotatable bonds is 5. The minimum Gasteiger partial charge on any atom is -0.396 e. The minimum atomic E-state index is -3.32. The second-order valence-electron chi connectivity index (χ2n) is 5.63. The van der Waals surface area contributed by atoms with E-state index in [1.54, 1.807) is 7.05 Å². The molecule has 1 aliphatic carbocycles. The number of hydrogen-bond acceptors (Lipinski definition) is 3. The van der Waals surface area contributed by atoms with Gasteiger partial charge < -0.3 is 5.11 Å². The van der Waals surface area contributed by atoms with E-state index in [4.69, 9.17) is 0 Å². The molecule has 0 amide bonds. The molecule has 0 aromatic rings. The quantitative estimate of drug-likeness (QED) is 0.803. The Morgan fingerprint density at radius 1 is 1.22 bits per heavy atom. The highest BCUT2D eigenvalue weighted by Gasteiger charge is 2.33. The second-order valence-corrected chi connectivity index (χ2v) is 7.67. The Labute approximate surface area is 110 Å². The molecule has 1 aliphatic heterocycles. The van der Waals surface area contributed by atoms with Crippen molar-refractivity contribution in [2.75, 3.05) is 33.3 Å². The molecule has 2 fully saturated rings. The Bertz CT molecular complexity index is 368. The summed E-state index contributed by atoms with van der Waals surface area (Å²) in [5.41, 5.74) is 0. The molecule has 6 heteroatoms. The maximum Gasteiger partial charge on any atom is 0.281 e. The summed E-state index contributed by atoms with van der Waals surface area (Å²) < 4.78 is 27.8. The zero-order valence-corrected chi connectivity index (χ0v) is 11.9. The monoisotopic (exact) mass is 276 g/mol. The van der Waals surface area contributed by atoms with Gasteiger partial charge in [-0.05, 0) is 37.5 Å². The number of hydrogen-bond donors (Lipinski definition) is 1. The van der Waals surface area contributed by atoms with E-state index >= 15 is 0 Å². The van der Waals surface area contributed by atoms with Crippen molar-refractivity contribution in [3.05, 3.63) is 0 Å². The van der Waals surface area contributed by atoms with Gasteiger partial charge in [-0.1, -0.05) is 6.42 Å². The van der Waals surface area contributed by atoms with Crippen LogP contribution < -0.4 is 0 Å². The second kappa shape index (κ2) is 5.86. The molecule has 106 valence electrons. The molecule has 0 spiro atoms. The van der Waals surface area contributed by atoms with Crippen LogP contribution in [0.3, 0.4) is 0 Å². The number of piperidine rings is 1. The van der Waals surface area contributed by atoms with Crippen molar-refractivity contribution in [1.82, 2.24) is 8.61 Å². The van der Waals surface area contributed by atoms with Gasteiger partial charge in [0.05, 0.1) is 0 Å². The van der Waals surface area contributed by atoms with Crippen LogP contribution in [0.4, 0.5) is 0 Å². The van der Waals surface area contributed by atoms with E-state index in [2.05, 4.69) is 0 Å². The third kappa shape index (κ3) is 3.04. The van der Waals surface area contributed by atoms with Gasteiger partial charge in [0.1, 0.15) is 0 Å². The Morgan fingerprint density at radius 2 is 1.89 bits per heavy atom. The number of aliphatic hydroxyl groups excluding tert-OH is 1. The van der Waals surface area contributed by atoms with Crippen molar-refractivity contribution >= 4 is 10.2 Å². The SMILES string of the molecule is CN(CC1CCC1)S(=O)(=O)N1CCCC(CO)C1. The van der Waals surface area contributed by atoms with Gasteiger partial charge in [-0.3, -0.25) is 0 Å². The summed E-state index contributed by atoms with van der Waals surface area (Å²) in [4.78, 5) is 0. The molecule has 2 aliphatic rings. The van der Waals surface area contributed by atoms with Gasteiger partial charge in [-0.2, -0.15) is 17.0 Å². The first-order valence-corrected chi connectivity index (χ1v) is 8.26. The van der Waals surface area contributed by atoms with Crippen LogP contribution in [0.5, 0.6) is 0 Å².